The standard InChI is InChI=1S/C8H14O4/c1-11-5-3-4-7(9)6-8(10)12-2/h3-6H2,1-2H3. The smallest absolute Gasteiger partial charge is 0.313 e. The number of carbonyl (C=O) groups is 2. The van der Waals surface area contributed by atoms with Gasteiger partial charge in [-0.1, -0.05) is 0 Å². The van der Waals surface area contributed by atoms with E-state index in [2.05, 4.69) is 4.74 Å². The van der Waals surface area contributed by atoms with E-state index in [1.807, 2.05) is 0 Å². The first-order valence-corrected chi connectivity index (χ1v) is 3.78. The van der Waals surface area contributed by atoms with Gasteiger partial charge < -0.3 is 9.47 Å². The van der Waals surface area contributed by atoms with Gasteiger partial charge in [0.25, 0.3) is 0 Å². The van der Waals surface area contributed by atoms with E-state index < -0.39 is 5.97 Å². The van der Waals surface area contributed by atoms with Gasteiger partial charge in [-0.05, 0) is 6.42 Å². The molecule has 0 aliphatic carbocycles. The Morgan fingerprint density at radius 3 is 2.42 bits per heavy atom. The van der Waals surface area contributed by atoms with Gasteiger partial charge in [0.1, 0.15) is 12.2 Å². The van der Waals surface area contributed by atoms with Crippen molar-refractivity contribution in [2.45, 2.75) is 19.3 Å². The third-order valence-electron chi connectivity index (χ3n) is 1.37. The first kappa shape index (κ1) is 11.1. The predicted molar refractivity (Wildman–Crippen MR) is 42.8 cm³/mol. The monoisotopic (exact) mass is 174 g/mol. The van der Waals surface area contributed by atoms with Crippen LogP contribution in [0.4, 0.5) is 0 Å². The zero-order valence-corrected chi connectivity index (χ0v) is 7.46. The van der Waals surface area contributed by atoms with E-state index in [4.69, 9.17) is 4.74 Å². The molecule has 0 unspecified atom stereocenters. The van der Waals surface area contributed by atoms with Crippen molar-refractivity contribution in [3.8, 4) is 0 Å². The number of ketones is 1. The number of ether oxygens (including phenoxy) is 2. The van der Waals surface area contributed by atoms with Crippen molar-refractivity contribution in [2.24, 2.45) is 0 Å². The van der Waals surface area contributed by atoms with Crippen molar-refractivity contribution in [1.29, 1.82) is 0 Å². The van der Waals surface area contributed by atoms with Crippen LogP contribution in [0.3, 0.4) is 0 Å². The molecule has 12 heavy (non-hydrogen) atoms. The van der Waals surface area contributed by atoms with Gasteiger partial charge in [-0.3, -0.25) is 9.59 Å². The summed E-state index contributed by atoms with van der Waals surface area (Å²) in [5, 5.41) is 0. The van der Waals surface area contributed by atoms with Gasteiger partial charge in [0.15, 0.2) is 0 Å². The molecule has 0 N–H and O–H groups in total. The van der Waals surface area contributed by atoms with Crippen molar-refractivity contribution in [3.05, 3.63) is 0 Å². The minimum Gasteiger partial charge on any atom is -0.469 e. The highest BCUT2D eigenvalue weighted by molar-refractivity contribution is 5.95. The summed E-state index contributed by atoms with van der Waals surface area (Å²) in [6.07, 6.45) is 0.912. The van der Waals surface area contributed by atoms with E-state index in [1.165, 1.54) is 7.11 Å². The minimum atomic E-state index is -0.475. The predicted octanol–water partition coefficient (Wildman–Crippen LogP) is 0.545. The zero-order chi connectivity index (χ0) is 9.40. The second-order valence-corrected chi connectivity index (χ2v) is 2.39. The zero-order valence-electron chi connectivity index (χ0n) is 7.46. The van der Waals surface area contributed by atoms with Gasteiger partial charge in [0, 0.05) is 20.1 Å². The Bertz CT molecular complexity index is 153. The van der Waals surface area contributed by atoms with Gasteiger partial charge in [0.2, 0.25) is 0 Å². The van der Waals surface area contributed by atoms with E-state index >= 15 is 0 Å². The molecule has 0 fully saturated rings. The van der Waals surface area contributed by atoms with E-state index in [1.54, 1.807) is 7.11 Å². The van der Waals surface area contributed by atoms with Crippen molar-refractivity contribution >= 4 is 11.8 Å². The molecule has 0 saturated heterocycles. The maximum atomic E-state index is 10.9. The van der Waals surface area contributed by atoms with Gasteiger partial charge in [-0.15, -0.1) is 0 Å². The van der Waals surface area contributed by atoms with Crippen molar-refractivity contribution in [3.63, 3.8) is 0 Å². The highest BCUT2D eigenvalue weighted by Gasteiger charge is 2.08. The first-order chi connectivity index (χ1) is 5.70. The molecular weight excluding hydrogens is 160 g/mol. The number of esters is 1. The second kappa shape index (κ2) is 6.79. The molecule has 0 bridgehead atoms. The van der Waals surface area contributed by atoms with Crippen LogP contribution >= 0.6 is 0 Å². The first-order valence-electron chi connectivity index (χ1n) is 3.78. The number of carbonyl (C=O) groups excluding carboxylic acids is 2. The Balaban J connectivity index is 3.40. The van der Waals surface area contributed by atoms with Crippen molar-refractivity contribution < 1.29 is 19.1 Å². The normalized spacial score (nSPS) is 9.50. The van der Waals surface area contributed by atoms with Gasteiger partial charge >= 0.3 is 5.97 Å². The van der Waals surface area contributed by atoms with Crippen LogP contribution in [0.15, 0.2) is 0 Å². The lowest BCUT2D eigenvalue weighted by atomic mass is 10.2. The Morgan fingerprint density at radius 2 is 1.92 bits per heavy atom. The average Bonchev–Trinajstić information content (AvgIpc) is 2.05. The molecule has 0 spiro atoms. The molecule has 0 atom stereocenters. The molecule has 0 aromatic heterocycles. The van der Waals surface area contributed by atoms with Crippen LogP contribution in [0.1, 0.15) is 19.3 Å². The topological polar surface area (TPSA) is 52.6 Å². The summed E-state index contributed by atoms with van der Waals surface area (Å²) in [6.45, 7) is 0.549. The summed E-state index contributed by atoms with van der Waals surface area (Å²) in [7, 11) is 2.84. The molecule has 0 aliphatic heterocycles. The number of hydrogen-bond donors (Lipinski definition) is 0. The molecule has 0 aromatic carbocycles. The quantitative estimate of drug-likeness (QED) is 0.335. The summed E-state index contributed by atoms with van der Waals surface area (Å²) < 4.78 is 9.09. The van der Waals surface area contributed by atoms with E-state index in [-0.39, 0.29) is 12.2 Å². The molecular formula is C8H14O4. The van der Waals surface area contributed by atoms with Crippen LogP contribution in [0.25, 0.3) is 0 Å². The van der Waals surface area contributed by atoms with Crippen LogP contribution in [0.2, 0.25) is 0 Å². The molecule has 0 aromatic rings. The van der Waals surface area contributed by atoms with Gasteiger partial charge in [-0.2, -0.15) is 0 Å². The third-order valence-corrected chi connectivity index (χ3v) is 1.37. The third kappa shape index (κ3) is 5.85. The van der Waals surface area contributed by atoms with E-state index in [0.29, 0.717) is 19.4 Å². The minimum absolute atomic E-state index is 0.0982. The van der Waals surface area contributed by atoms with Crippen molar-refractivity contribution in [2.75, 3.05) is 20.8 Å². The molecule has 70 valence electrons. The highest BCUT2D eigenvalue weighted by Crippen LogP contribution is 1.96. The largest absolute Gasteiger partial charge is 0.469 e. The Labute approximate surface area is 71.8 Å². The Kier molecular flexibility index (Phi) is 6.28. The molecule has 0 rings (SSSR count). The fourth-order valence-electron chi connectivity index (χ4n) is 0.735. The lowest BCUT2D eigenvalue weighted by Gasteiger charge is -1.98. The second-order valence-electron chi connectivity index (χ2n) is 2.39. The van der Waals surface area contributed by atoms with Crippen LogP contribution in [0.5, 0.6) is 0 Å². The maximum absolute atomic E-state index is 10.9. The molecule has 4 nitrogen and oxygen atoms in total. The van der Waals surface area contributed by atoms with Crippen molar-refractivity contribution in [1.82, 2.24) is 0 Å². The van der Waals surface area contributed by atoms with Crippen LogP contribution < -0.4 is 0 Å². The van der Waals surface area contributed by atoms with Gasteiger partial charge in [0.05, 0.1) is 7.11 Å². The van der Waals surface area contributed by atoms with Crippen LogP contribution in [0, 0.1) is 0 Å². The summed E-state index contributed by atoms with van der Waals surface area (Å²) >= 11 is 0. The lowest BCUT2D eigenvalue weighted by Crippen LogP contribution is -2.09. The van der Waals surface area contributed by atoms with Gasteiger partial charge in [-0.25, -0.2) is 0 Å². The summed E-state index contributed by atoms with van der Waals surface area (Å²) in [5.41, 5.74) is 0. The summed E-state index contributed by atoms with van der Waals surface area (Å²) in [6, 6.07) is 0. The van der Waals surface area contributed by atoms with Crippen LogP contribution in [-0.4, -0.2) is 32.6 Å². The number of methoxy groups -OCH3 is 2. The molecule has 4 heteroatoms. The maximum Gasteiger partial charge on any atom is 0.313 e. The fraction of sp³-hybridized carbons (Fsp3) is 0.750. The number of Topliss-reactive ketones (excluding diaryl/α,β-unsaturated/α-hetero) is 1. The highest BCUT2D eigenvalue weighted by atomic mass is 16.5. The molecule has 0 heterocycles. The number of rotatable bonds is 6. The molecule has 0 amide bonds. The average molecular weight is 174 g/mol. The van der Waals surface area contributed by atoms with Crippen LogP contribution in [-0.2, 0) is 19.1 Å². The fourth-order valence-corrected chi connectivity index (χ4v) is 0.735. The van der Waals surface area contributed by atoms with E-state index in [9.17, 15) is 9.59 Å². The Hall–Kier alpha value is -0.900. The lowest BCUT2D eigenvalue weighted by molar-refractivity contribution is -0.143. The Morgan fingerprint density at radius 1 is 1.25 bits per heavy atom. The molecule has 0 saturated carbocycles. The summed E-state index contributed by atoms with van der Waals surface area (Å²) in [4.78, 5) is 21.5. The summed E-state index contributed by atoms with van der Waals surface area (Å²) in [5.74, 6) is -0.573. The molecule has 0 radical (unpaired) electrons. The number of hydrogen-bond acceptors (Lipinski definition) is 4. The SMILES string of the molecule is COCCCC(=O)CC(=O)OC. The van der Waals surface area contributed by atoms with E-state index in [0.717, 1.165) is 0 Å². The molecule has 0 aliphatic rings.